The predicted molar refractivity (Wildman–Crippen MR) is 166 cm³/mol. The number of hydrogen-bond acceptors (Lipinski definition) is 7. The van der Waals surface area contributed by atoms with Crippen LogP contribution in [-0.4, -0.2) is 60.4 Å². The topological polar surface area (TPSA) is 149 Å². The molecule has 3 aromatic rings. The first kappa shape index (κ1) is 31.4. The van der Waals surface area contributed by atoms with E-state index in [-0.39, 0.29) is 30.5 Å². The highest BCUT2D eigenvalue weighted by Crippen LogP contribution is 2.45. The summed E-state index contributed by atoms with van der Waals surface area (Å²) in [6.45, 7) is 10.4. The second-order valence-corrected chi connectivity index (χ2v) is 17.6. The van der Waals surface area contributed by atoms with Crippen LogP contribution in [0.3, 0.4) is 0 Å². The zero-order chi connectivity index (χ0) is 31.8. The van der Waals surface area contributed by atoms with E-state index in [0.717, 1.165) is 22.3 Å². The number of nitrogens with zero attached hydrogens (tertiary/aromatic N) is 1. The average molecular weight is 622 g/mol. The number of H-pyrrole nitrogens is 1. The van der Waals surface area contributed by atoms with Gasteiger partial charge in [0.15, 0.2) is 14.5 Å². The molecule has 0 unspecified atom stereocenters. The van der Waals surface area contributed by atoms with Gasteiger partial charge in [0.05, 0.1) is 18.6 Å². The Morgan fingerprint density at radius 1 is 1.02 bits per heavy atom. The number of amides is 1. The molecule has 5 rings (SSSR count). The molecule has 1 saturated heterocycles. The van der Waals surface area contributed by atoms with E-state index in [1.54, 1.807) is 0 Å². The number of fused-ring (bicyclic) bond motifs is 3. The molecule has 0 spiro atoms. The number of alkyl carbamates (subject to hydrolysis) is 1. The van der Waals surface area contributed by atoms with Crippen molar-refractivity contribution in [2.45, 2.75) is 69.7 Å². The fraction of sp³-hybridized carbons (Fsp3) is 0.438. The van der Waals surface area contributed by atoms with Crippen molar-refractivity contribution in [3.8, 4) is 11.1 Å². The van der Waals surface area contributed by atoms with Gasteiger partial charge < -0.3 is 24.3 Å². The van der Waals surface area contributed by atoms with Crippen LogP contribution in [0.1, 0.15) is 50.5 Å². The number of aromatic nitrogens is 2. The first-order chi connectivity index (χ1) is 20.8. The Bertz CT molecular complexity index is 1610. The summed E-state index contributed by atoms with van der Waals surface area (Å²) in [7, 11) is -2.50. The Kier molecular flexibility index (Phi) is 8.70. The zero-order valence-electron chi connectivity index (χ0n) is 25.5. The number of carboxylic acids is 1. The Balaban J connectivity index is 1.37. The minimum absolute atomic E-state index is 0.0114. The number of carboxylic acid groups (broad SMARTS) is 1. The van der Waals surface area contributed by atoms with Crippen LogP contribution in [0.5, 0.6) is 0 Å². The van der Waals surface area contributed by atoms with E-state index < -0.39 is 56.0 Å². The molecule has 2 heterocycles. The molecule has 2 aromatic carbocycles. The van der Waals surface area contributed by atoms with Gasteiger partial charge in [-0.25, -0.2) is 9.59 Å². The molecular formula is C32H39N3O8Si. The Labute approximate surface area is 256 Å². The van der Waals surface area contributed by atoms with Gasteiger partial charge in [0.2, 0.25) is 0 Å². The molecule has 12 heteroatoms. The number of rotatable bonds is 9. The fourth-order valence-corrected chi connectivity index (χ4v) is 7.09. The normalized spacial score (nSPS) is 21.5. The number of carbonyl (C=O) groups excluding carboxylic acids is 1. The van der Waals surface area contributed by atoms with E-state index in [2.05, 4.69) is 43.2 Å². The molecule has 2 aliphatic rings. The number of hydrogen-bond donors (Lipinski definition) is 3. The number of benzene rings is 2. The van der Waals surface area contributed by atoms with Crippen molar-refractivity contribution in [2.24, 2.45) is 5.92 Å². The van der Waals surface area contributed by atoms with Gasteiger partial charge in [-0.15, -0.1) is 0 Å². The minimum Gasteiger partial charge on any atom is -0.481 e. The van der Waals surface area contributed by atoms with E-state index in [4.69, 9.17) is 13.9 Å². The molecule has 234 valence electrons. The van der Waals surface area contributed by atoms with Gasteiger partial charge in [-0.05, 0) is 40.4 Å². The molecule has 0 saturated carbocycles. The van der Waals surface area contributed by atoms with Crippen molar-refractivity contribution in [3.63, 3.8) is 0 Å². The molecule has 44 heavy (non-hydrogen) atoms. The van der Waals surface area contributed by atoms with Gasteiger partial charge in [0.1, 0.15) is 6.61 Å². The maximum absolute atomic E-state index is 13.1. The maximum Gasteiger partial charge on any atom is 0.407 e. The monoisotopic (exact) mass is 621 g/mol. The van der Waals surface area contributed by atoms with Crippen LogP contribution in [0.2, 0.25) is 18.1 Å². The second kappa shape index (κ2) is 12.2. The lowest BCUT2D eigenvalue weighted by atomic mass is 9.95. The molecule has 1 aliphatic carbocycles. The summed E-state index contributed by atoms with van der Waals surface area (Å²) < 4.78 is 19.9. The van der Waals surface area contributed by atoms with Crippen LogP contribution in [0.4, 0.5) is 4.79 Å². The third-order valence-corrected chi connectivity index (χ3v) is 13.5. The van der Waals surface area contributed by atoms with Gasteiger partial charge >= 0.3 is 17.8 Å². The standard InChI is InChI=1S/C32H39N3O8Si/c1-32(2,3)44(4,5)43-28-23(25(16-27(37)38)42-29(28)35-15-14-26(36)34-30(35)39)17-33-31(40)41-18-24-21-12-8-6-10-19(21)20-11-7-9-13-22(20)24/h6-15,23-25,28-29H,16-18H2,1-5H3,(H,33,40)(H,37,38)(H,34,36,39)/t23-,25-,28-,29-/m1/s1. The minimum atomic E-state index is -2.50. The van der Waals surface area contributed by atoms with Gasteiger partial charge in [-0.1, -0.05) is 69.3 Å². The van der Waals surface area contributed by atoms with Crippen LogP contribution in [-0.2, 0) is 18.7 Å². The highest BCUT2D eigenvalue weighted by molar-refractivity contribution is 6.74. The number of aromatic amines is 1. The third-order valence-electron chi connectivity index (χ3n) is 9.06. The SMILES string of the molecule is CC(C)(C)[Si](C)(C)O[C@@H]1[C@H](CNC(=O)OCC2c3ccccc3-c3ccccc32)[C@@H](CC(=O)O)O[C@H]1n1ccc(=O)[nH]c1=O. The van der Waals surface area contributed by atoms with Crippen LogP contribution in [0.15, 0.2) is 70.4 Å². The number of aliphatic carboxylic acids is 1. The lowest BCUT2D eigenvalue weighted by Gasteiger charge is -2.40. The van der Waals surface area contributed by atoms with Gasteiger partial charge in [0.25, 0.3) is 5.56 Å². The van der Waals surface area contributed by atoms with E-state index in [9.17, 15) is 24.3 Å². The van der Waals surface area contributed by atoms with E-state index >= 15 is 0 Å². The third kappa shape index (κ3) is 6.28. The van der Waals surface area contributed by atoms with Crippen LogP contribution >= 0.6 is 0 Å². The largest absolute Gasteiger partial charge is 0.481 e. The molecule has 0 bridgehead atoms. The molecule has 1 aromatic heterocycles. The van der Waals surface area contributed by atoms with Gasteiger partial charge in [0, 0.05) is 30.6 Å². The summed E-state index contributed by atoms with van der Waals surface area (Å²) in [5, 5.41) is 12.3. The highest BCUT2D eigenvalue weighted by Gasteiger charge is 2.51. The van der Waals surface area contributed by atoms with Crippen molar-refractivity contribution in [1.29, 1.82) is 0 Å². The van der Waals surface area contributed by atoms with Crippen molar-refractivity contribution in [2.75, 3.05) is 13.2 Å². The van der Waals surface area contributed by atoms with E-state index in [0.29, 0.717) is 0 Å². The molecule has 1 aliphatic heterocycles. The number of ether oxygens (including phenoxy) is 2. The summed E-state index contributed by atoms with van der Waals surface area (Å²) in [6, 6.07) is 17.3. The lowest BCUT2D eigenvalue weighted by molar-refractivity contribution is -0.141. The number of nitrogens with one attached hydrogen (secondary N) is 2. The Hall–Kier alpha value is -4.00. The van der Waals surface area contributed by atoms with Crippen molar-refractivity contribution in [1.82, 2.24) is 14.9 Å². The Morgan fingerprint density at radius 2 is 1.64 bits per heavy atom. The fourth-order valence-electron chi connectivity index (χ4n) is 5.76. The average Bonchev–Trinajstić information content (AvgIpc) is 3.44. The van der Waals surface area contributed by atoms with Crippen molar-refractivity contribution in [3.05, 3.63) is 92.8 Å². The first-order valence-electron chi connectivity index (χ1n) is 14.7. The summed E-state index contributed by atoms with van der Waals surface area (Å²) in [5.41, 5.74) is 3.14. The summed E-state index contributed by atoms with van der Waals surface area (Å²) in [5.74, 6) is -1.85. The van der Waals surface area contributed by atoms with Crippen molar-refractivity contribution >= 4 is 20.4 Å². The molecular weight excluding hydrogens is 582 g/mol. The molecule has 11 nitrogen and oxygen atoms in total. The predicted octanol–water partition coefficient (Wildman–Crippen LogP) is 4.45. The molecule has 4 atom stereocenters. The highest BCUT2D eigenvalue weighted by atomic mass is 28.4. The van der Waals surface area contributed by atoms with E-state index in [1.807, 2.05) is 49.5 Å². The quantitative estimate of drug-likeness (QED) is 0.297. The lowest BCUT2D eigenvalue weighted by Crippen LogP contribution is -2.50. The Morgan fingerprint density at radius 3 is 2.20 bits per heavy atom. The summed E-state index contributed by atoms with van der Waals surface area (Å²) in [6.07, 6.45) is -2.42. The van der Waals surface area contributed by atoms with E-state index in [1.165, 1.54) is 16.8 Å². The van der Waals surface area contributed by atoms with Crippen LogP contribution < -0.4 is 16.6 Å². The number of carbonyl (C=O) groups is 2. The molecule has 3 N–H and O–H groups in total. The first-order valence-corrected chi connectivity index (χ1v) is 17.6. The van der Waals surface area contributed by atoms with Gasteiger partial charge in [-0.3, -0.25) is 19.1 Å². The van der Waals surface area contributed by atoms with Crippen LogP contribution in [0, 0.1) is 5.92 Å². The van der Waals surface area contributed by atoms with Crippen molar-refractivity contribution < 1.29 is 28.6 Å². The molecule has 0 radical (unpaired) electrons. The van der Waals surface area contributed by atoms with Gasteiger partial charge in [-0.2, -0.15) is 0 Å². The second-order valence-electron chi connectivity index (χ2n) is 12.9. The molecule has 1 fully saturated rings. The zero-order valence-corrected chi connectivity index (χ0v) is 26.5. The summed E-state index contributed by atoms with van der Waals surface area (Å²) >= 11 is 0. The summed E-state index contributed by atoms with van der Waals surface area (Å²) in [4.78, 5) is 51.7. The van der Waals surface area contributed by atoms with Crippen LogP contribution in [0.25, 0.3) is 11.1 Å². The molecule has 1 amide bonds. The smallest absolute Gasteiger partial charge is 0.407 e. The maximum atomic E-state index is 13.1.